The van der Waals surface area contributed by atoms with Crippen molar-refractivity contribution in [2.45, 2.75) is 19.8 Å². The zero-order chi connectivity index (χ0) is 15.2. The van der Waals surface area contributed by atoms with Crippen LogP contribution in [-0.4, -0.2) is 35.2 Å². The first-order chi connectivity index (χ1) is 9.91. The molecular formula is C13H14F2N4O2. The highest BCUT2D eigenvalue weighted by atomic mass is 19.3. The molecule has 8 heteroatoms. The van der Waals surface area contributed by atoms with Gasteiger partial charge in [0, 0.05) is 20.6 Å². The molecule has 6 nitrogen and oxygen atoms in total. The number of nitrogens with zero attached hydrogens (tertiary/aromatic N) is 4. The van der Waals surface area contributed by atoms with Crippen LogP contribution in [-0.2, 0) is 6.54 Å². The number of aryl methyl sites for hydroxylation is 1. The highest BCUT2D eigenvalue weighted by Crippen LogP contribution is 2.46. The van der Waals surface area contributed by atoms with Gasteiger partial charge >= 0.3 is 6.29 Å². The van der Waals surface area contributed by atoms with E-state index in [0.717, 1.165) is 0 Å². The Morgan fingerprint density at radius 1 is 1.29 bits per heavy atom. The molecule has 0 bridgehead atoms. The zero-order valence-electron chi connectivity index (χ0n) is 11.8. The first-order valence-corrected chi connectivity index (χ1v) is 6.42. The van der Waals surface area contributed by atoms with Crippen molar-refractivity contribution in [3.05, 3.63) is 18.2 Å². The van der Waals surface area contributed by atoms with Crippen molar-refractivity contribution >= 4 is 5.95 Å². The number of hydrogen-bond donors (Lipinski definition) is 0. The van der Waals surface area contributed by atoms with E-state index in [-0.39, 0.29) is 11.5 Å². The molecule has 3 rings (SSSR count). The Bertz CT molecular complexity index is 685. The molecule has 0 N–H and O–H groups in total. The summed E-state index contributed by atoms with van der Waals surface area (Å²) >= 11 is 0. The molecule has 1 aliphatic heterocycles. The average Bonchev–Trinajstić information content (AvgIpc) is 2.96. The van der Waals surface area contributed by atoms with Crippen LogP contribution in [0.3, 0.4) is 0 Å². The van der Waals surface area contributed by atoms with Crippen molar-refractivity contribution in [1.29, 1.82) is 0 Å². The van der Waals surface area contributed by atoms with Crippen molar-refractivity contribution in [3.63, 3.8) is 0 Å². The molecule has 1 aromatic carbocycles. The quantitative estimate of drug-likeness (QED) is 0.870. The number of rotatable bonds is 3. The second-order valence-electron chi connectivity index (χ2n) is 4.75. The molecule has 1 aliphatic rings. The minimum absolute atomic E-state index is 0.0169. The molecule has 0 atom stereocenters. The fourth-order valence-electron chi connectivity index (χ4n) is 2.14. The molecule has 2 aromatic rings. The molecule has 2 heterocycles. The number of fused-ring (bicyclic) bond motifs is 1. The zero-order valence-corrected chi connectivity index (χ0v) is 11.8. The molecule has 112 valence electrons. The maximum absolute atomic E-state index is 13.2. The number of hydrogen-bond acceptors (Lipinski definition) is 5. The highest BCUT2D eigenvalue weighted by Gasteiger charge is 2.45. The maximum Gasteiger partial charge on any atom is 0.586 e. The number of anilines is 1. The summed E-state index contributed by atoms with van der Waals surface area (Å²) in [5.74, 6) is 0.896. The number of alkyl halides is 2. The van der Waals surface area contributed by atoms with Crippen LogP contribution in [0.25, 0.3) is 11.4 Å². The molecule has 0 saturated carbocycles. The van der Waals surface area contributed by atoms with Crippen LogP contribution in [0.5, 0.6) is 11.5 Å². The van der Waals surface area contributed by atoms with Crippen LogP contribution in [0.1, 0.15) is 6.92 Å². The summed E-state index contributed by atoms with van der Waals surface area (Å²) < 4.78 is 37.1. The molecule has 0 unspecified atom stereocenters. The fourth-order valence-corrected chi connectivity index (χ4v) is 2.14. The lowest BCUT2D eigenvalue weighted by molar-refractivity contribution is -0.286. The number of para-hydroxylation sites is 1. The Hall–Kier alpha value is -2.38. The molecular weight excluding hydrogens is 282 g/mol. The molecule has 0 spiro atoms. The summed E-state index contributed by atoms with van der Waals surface area (Å²) in [6.45, 7) is 2.54. The largest absolute Gasteiger partial charge is 0.586 e. The third-order valence-electron chi connectivity index (χ3n) is 3.02. The van der Waals surface area contributed by atoms with Crippen molar-refractivity contribution in [3.8, 4) is 22.9 Å². The predicted molar refractivity (Wildman–Crippen MR) is 71.7 cm³/mol. The average molecular weight is 296 g/mol. The maximum atomic E-state index is 13.2. The smallest absolute Gasteiger partial charge is 0.395 e. The summed E-state index contributed by atoms with van der Waals surface area (Å²) in [6.07, 6.45) is -3.66. The van der Waals surface area contributed by atoms with Gasteiger partial charge in [0.05, 0.1) is 5.56 Å². The van der Waals surface area contributed by atoms with Gasteiger partial charge in [-0.15, -0.1) is 13.9 Å². The van der Waals surface area contributed by atoms with E-state index in [2.05, 4.69) is 19.6 Å². The van der Waals surface area contributed by atoms with Crippen LogP contribution in [0, 0.1) is 0 Å². The van der Waals surface area contributed by atoms with Gasteiger partial charge in [-0.3, -0.25) is 0 Å². The van der Waals surface area contributed by atoms with E-state index in [1.54, 1.807) is 21.7 Å². The fraction of sp³-hybridized carbons (Fsp3) is 0.385. The molecule has 1 aromatic heterocycles. The molecule has 21 heavy (non-hydrogen) atoms. The van der Waals surface area contributed by atoms with Gasteiger partial charge in [-0.05, 0) is 19.1 Å². The lowest BCUT2D eigenvalue weighted by Gasteiger charge is -2.10. The van der Waals surface area contributed by atoms with E-state index in [1.165, 1.54) is 6.07 Å². The summed E-state index contributed by atoms with van der Waals surface area (Å²) in [6, 6.07) is 4.64. The Morgan fingerprint density at radius 3 is 2.67 bits per heavy atom. The van der Waals surface area contributed by atoms with Gasteiger partial charge in [0.25, 0.3) is 0 Å². The Labute approximate surface area is 119 Å². The molecule has 0 amide bonds. The van der Waals surface area contributed by atoms with Crippen LogP contribution < -0.4 is 14.4 Å². The van der Waals surface area contributed by atoms with E-state index in [9.17, 15) is 8.78 Å². The van der Waals surface area contributed by atoms with Gasteiger partial charge in [-0.1, -0.05) is 6.07 Å². The van der Waals surface area contributed by atoms with Gasteiger partial charge in [0.2, 0.25) is 5.95 Å². The number of aromatic nitrogens is 3. The number of halogens is 2. The van der Waals surface area contributed by atoms with E-state index in [1.807, 2.05) is 21.0 Å². The van der Waals surface area contributed by atoms with E-state index >= 15 is 0 Å². The number of ether oxygens (including phenoxy) is 2. The summed E-state index contributed by atoms with van der Waals surface area (Å²) in [5.41, 5.74) is 0.375. The van der Waals surface area contributed by atoms with E-state index < -0.39 is 6.29 Å². The van der Waals surface area contributed by atoms with E-state index in [0.29, 0.717) is 23.9 Å². The molecule has 0 radical (unpaired) electrons. The standard InChI is InChI=1S/C13H14F2N4O2/c1-4-19-12(18(2)3)16-11(17-19)8-6-5-7-9-10(8)21-13(14,15)20-9/h5-7H,4H2,1-3H3. The first kappa shape index (κ1) is 13.6. The minimum Gasteiger partial charge on any atom is -0.395 e. The predicted octanol–water partition coefficient (Wildman–Crippen LogP) is 2.35. The van der Waals surface area contributed by atoms with Crippen molar-refractivity contribution in [2.24, 2.45) is 0 Å². The van der Waals surface area contributed by atoms with Crippen LogP contribution in [0.2, 0.25) is 0 Å². The van der Waals surface area contributed by atoms with Crippen molar-refractivity contribution < 1.29 is 18.3 Å². The first-order valence-electron chi connectivity index (χ1n) is 6.42. The molecule has 0 saturated heterocycles. The van der Waals surface area contributed by atoms with Gasteiger partial charge in [0.15, 0.2) is 17.3 Å². The SMILES string of the molecule is CCn1nc(-c2cccc3c2OC(F)(F)O3)nc1N(C)C. The third kappa shape index (κ3) is 2.26. The van der Waals surface area contributed by atoms with E-state index in [4.69, 9.17) is 0 Å². The van der Waals surface area contributed by atoms with Gasteiger partial charge in [-0.25, -0.2) is 4.68 Å². The van der Waals surface area contributed by atoms with Crippen LogP contribution in [0.15, 0.2) is 18.2 Å². The Kier molecular flexibility index (Phi) is 2.96. The van der Waals surface area contributed by atoms with Crippen LogP contribution in [0.4, 0.5) is 14.7 Å². The second-order valence-corrected chi connectivity index (χ2v) is 4.75. The summed E-state index contributed by atoms with van der Waals surface area (Å²) in [5, 5.41) is 4.33. The van der Waals surface area contributed by atoms with Gasteiger partial charge in [-0.2, -0.15) is 4.98 Å². The molecule has 0 aliphatic carbocycles. The normalized spacial score (nSPS) is 15.3. The monoisotopic (exact) mass is 296 g/mol. The highest BCUT2D eigenvalue weighted by molar-refractivity contribution is 5.70. The summed E-state index contributed by atoms with van der Waals surface area (Å²) in [7, 11) is 3.67. The van der Waals surface area contributed by atoms with Crippen molar-refractivity contribution in [2.75, 3.05) is 19.0 Å². The van der Waals surface area contributed by atoms with Crippen LogP contribution >= 0.6 is 0 Å². The lowest BCUT2D eigenvalue weighted by atomic mass is 10.2. The van der Waals surface area contributed by atoms with Crippen molar-refractivity contribution in [1.82, 2.24) is 14.8 Å². The topological polar surface area (TPSA) is 52.4 Å². The summed E-state index contributed by atoms with van der Waals surface area (Å²) in [4.78, 5) is 6.17. The lowest BCUT2D eigenvalue weighted by Crippen LogP contribution is -2.26. The minimum atomic E-state index is -3.66. The second kappa shape index (κ2) is 4.57. The molecule has 0 fully saturated rings. The van der Waals surface area contributed by atoms with Gasteiger partial charge < -0.3 is 14.4 Å². The van der Waals surface area contributed by atoms with Gasteiger partial charge in [0.1, 0.15) is 0 Å². The Morgan fingerprint density at radius 2 is 2.05 bits per heavy atom. The number of benzene rings is 1. The third-order valence-corrected chi connectivity index (χ3v) is 3.02. The Balaban J connectivity index is 2.09.